The van der Waals surface area contributed by atoms with Gasteiger partial charge >= 0.3 is 0 Å². The van der Waals surface area contributed by atoms with Crippen molar-refractivity contribution < 1.29 is 5.11 Å². The summed E-state index contributed by atoms with van der Waals surface area (Å²) >= 11 is 1.59. The summed E-state index contributed by atoms with van der Waals surface area (Å²) in [4.78, 5) is 11.2. The normalized spacial score (nSPS) is 11.4. The number of aliphatic hydroxyl groups excluding tert-OH is 1. The van der Waals surface area contributed by atoms with E-state index in [4.69, 9.17) is 5.11 Å². The molecule has 1 aromatic carbocycles. The Balaban J connectivity index is 1.66. The molecule has 3 aromatic rings. The number of aliphatic hydroxyl groups is 1. The molecule has 0 fully saturated rings. The molecule has 5 nitrogen and oxygen atoms in total. The van der Waals surface area contributed by atoms with Crippen LogP contribution in [-0.2, 0) is 0 Å². The number of aromatic nitrogens is 2. The van der Waals surface area contributed by atoms with Crippen molar-refractivity contribution in [2.24, 2.45) is 0 Å². The Bertz CT molecular complexity index is 875. The summed E-state index contributed by atoms with van der Waals surface area (Å²) in [7, 11) is 0. The first-order chi connectivity index (χ1) is 13.2. The number of hydrogen-bond acceptors (Lipinski definition) is 6. The van der Waals surface area contributed by atoms with Gasteiger partial charge in [-0.05, 0) is 37.1 Å². The zero-order chi connectivity index (χ0) is 19.1. The molecule has 0 radical (unpaired) electrons. The van der Waals surface area contributed by atoms with E-state index in [0.29, 0.717) is 6.54 Å². The molecule has 6 heteroatoms. The van der Waals surface area contributed by atoms with E-state index in [2.05, 4.69) is 45.3 Å². The van der Waals surface area contributed by atoms with E-state index in [0.717, 1.165) is 39.9 Å². The second-order valence-electron chi connectivity index (χ2n) is 6.09. The van der Waals surface area contributed by atoms with Crippen LogP contribution in [0.15, 0.2) is 60.2 Å². The van der Waals surface area contributed by atoms with Crippen LogP contribution in [-0.4, -0.2) is 34.8 Å². The van der Waals surface area contributed by atoms with Gasteiger partial charge in [-0.15, -0.1) is 11.3 Å². The average Bonchev–Trinajstić information content (AvgIpc) is 3.21. The maximum absolute atomic E-state index is 9.15. The first-order valence-corrected chi connectivity index (χ1v) is 9.85. The summed E-state index contributed by atoms with van der Waals surface area (Å²) < 4.78 is 0. The van der Waals surface area contributed by atoms with Crippen molar-refractivity contribution in [1.82, 2.24) is 9.97 Å². The highest BCUT2D eigenvalue weighted by molar-refractivity contribution is 7.13. The quantitative estimate of drug-likeness (QED) is 0.603. The summed E-state index contributed by atoms with van der Waals surface area (Å²) in [6.45, 7) is 5.64. The lowest BCUT2D eigenvalue weighted by Crippen LogP contribution is -2.25. The van der Waals surface area contributed by atoms with E-state index < -0.39 is 0 Å². The van der Waals surface area contributed by atoms with Gasteiger partial charge in [0, 0.05) is 36.4 Å². The Morgan fingerprint density at radius 1 is 1.19 bits per heavy atom. The van der Waals surface area contributed by atoms with Gasteiger partial charge in [-0.25, -0.2) is 9.97 Å². The Kier molecular flexibility index (Phi) is 6.57. The van der Waals surface area contributed by atoms with E-state index in [1.54, 1.807) is 11.3 Å². The van der Waals surface area contributed by atoms with E-state index in [1.165, 1.54) is 0 Å². The Labute approximate surface area is 164 Å². The molecule has 27 heavy (non-hydrogen) atoms. The van der Waals surface area contributed by atoms with Gasteiger partial charge in [-0.2, -0.15) is 0 Å². The van der Waals surface area contributed by atoms with Crippen LogP contribution in [0, 0.1) is 0 Å². The number of hydrogen-bond donors (Lipinski definition) is 2. The van der Waals surface area contributed by atoms with Gasteiger partial charge in [-0.3, -0.25) is 0 Å². The highest BCUT2D eigenvalue weighted by Gasteiger charge is 2.10. The lowest BCUT2D eigenvalue weighted by molar-refractivity contribution is 0.302. The number of pyridine rings is 1. The topological polar surface area (TPSA) is 61.3 Å². The molecule has 0 spiro atoms. The number of benzene rings is 1. The SMILES string of the molecule is CCN(CCO)c1nc(/C(C)=C/Nc2ccc(-c3ccccc3)cn2)cs1. The second kappa shape index (κ2) is 9.30. The van der Waals surface area contributed by atoms with Crippen molar-refractivity contribution in [2.45, 2.75) is 13.8 Å². The van der Waals surface area contributed by atoms with E-state index in [1.807, 2.05) is 49.0 Å². The summed E-state index contributed by atoms with van der Waals surface area (Å²) in [6.07, 6.45) is 3.79. The molecule has 0 amide bonds. The van der Waals surface area contributed by atoms with E-state index >= 15 is 0 Å². The minimum Gasteiger partial charge on any atom is -0.395 e. The van der Waals surface area contributed by atoms with Crippen LogP contribution in [0.3, 0.4) is 0 Å². The Hall–Kier alpha value is -2.70. The Morgan fingerprint density at radius 3 is 2.67 bits per heavy atom. The number of anilines is 2. The van der Waals surface area contributed by atoms with Crippen LogP contribution in [0.5, 0.6) is 0 Å². The Morgan fingerprint density at radius 2 is 2.00 bits per heavy atom. The molecule has 140 valence electrons. The van der Waals surface area contributed by atoms with Crippen molar-refractivity contribution in [1.29, 1.82) is 0 Å². The maximum atomic E-state index is 9.15. The predicted molar refractivity (Wildman–Crippen MR) is 114 cm³/mol. The molecular weight excluding hydrogens is 356 g/mol. The van der Waals surface area contributed by atoms with Crippen molar-refractivity contribution in [3.63, 3.8) is 0 Å². The minimum atomic E-state index is 0.129. The van der Waals surface area contributed by atoms with Crippen LogP contribution in [0.1, 0.15) is 19.5 Å². The molecule has 0 atom stereocenters. The van der Waals surface area contributed by atoms with Crippen molar-refractivity contribution >= 4 is 27.9 Å². The fourth-order valence-corrected chi connectivity index (χ4v) is 3.61. The number of allylic oxidation sites excluding steroid dienone is 1. The molecule has 0 unspecified atom stereocenters. The number of nitrogens with one attached hydrogen (secondary N) is 1. The average molecular weight is 381 g/mol. The minimum absolute atomic E-state index is 0.129. The van der Waals surface area contributed by atoms with Gasteiger partial charge in [-0.1, -0.05) is 30.3 Å². The number of likely N-dealkylation sites (N-methyl/N-ethyl adjacent to an activating group) is 1. The zero-order valence-electron chi connectivity index (χ0n) is 15.6. The summed E-state index contributed by atoms with van der Waals surface area (Å²) in [6, 6.07) is 14.2. The third kappa shape index (κ3) is 4.93. The molecule has 0 aliphatic carbocycles. The lowest BCUT2D eigenvalue weighted by Gasteiger charge is -2.17. The van der Waals surface area contributed by atoms with Gasteiger partial charge in [0.1, 0.15) is 5.82 Å². The van der Waals surface area contributed by atoms with Crippen LogP contribution in [0.25, 0.3) is 16.7 Å². The van der Waals surface area contributed by atoms with Crippen LogP contribution in [0.4, 0.5) is 10.9 Å². The molecule has 0 aliphatic heterocycles. The zero-order valence-corrected chi connectivity index (χ0v) is 16.4. The van der Waals surface area contributed by atoms with Crippen molar-refractivity contribution in [2.75, 3.05) is 29.9 Å². The van der Waals surface area contributed by atoms with Crippen molar-refractivity contribution in [3.05, 3.63) is 65.9 Å². The molecule has 0 bridgehead atoms. The second-order valence-corrected chi connectivity index (χ2v) is 6.92. The standard InChI is InChI=1S/C21H24N4OS/c1-3-25(11-12-26)21-24-19(15-27-21)16(2)13-22-20-10-9-18(14-23-20)17-7-5-4-6-8-17/h4-10,13-15,26H,3,11-12H2,1-2H3,(H,22,23)/b16-13+. The van der Waals surface area contributed by atoms with Gasteiger partial charge in [0.15, 0.2) is 5.13 Å². The largest absolute Gasteiger partial charge is 0.395 e. The van der Waals surface area contributed by atoms with Crippen LogP contribution >= 0.6 is 11.3 Å². The summed E-state index contributed by atoms with van der Waals surface area (Å²) in [5, 5.41) is 15.4. The molecule has 0 aliphatic rings. The van der Waals surface area contributed by atoms with E-state index in [-0.39, 0.29) is 6.61 Å². The summed E-state index contributed by atoms with van der Waals surface area (Å²) in [5.74, 6) is 0.792. The first-order valence-electron chi connectivity index (χ1n) is 8.97. The summed E-state index contributed by atoms with van der Waals surface area (Å²) in [5.41, 5.74) is 4.21. The molecule has 2 heterocycles. The molecule has 0 saturated carbocycles. The molecular formula is C21H24N4OS. The van der Waals surface area contributed by atoms with Crippen LogP contribution in [0.2, 0.25) is 0 Å². The molecule has 3 rings (SSSR count). The fraction of sp³-hybridized carbons (Fsp3) is 0.238. The molecule has 0 saturated heterocycles. The third-order valence-electron chi connectivity index (χ3n) is 4.23. The predicted octanol–water partition coefficient (Wildman–Crippen LogP) is 4.50. The van der Waals surface area contributed by atoms with E-state index in [9.17, 15) is 0 Å². The van der Waals surface area contributed by atoms with Crippen molar-refractivity contribution in [3.8, 4) is 11.1 Å². The van der Waals surface area contributed by atoms with Gasteiger partial charge in [0.05, 0.1) is 12.3 Å². The van der Waals surface area contributed by atoms with Gasteiger partial charge < -0.3 is 15.3 Å². The molecule has 2 aromatic heterocycles. The fourth-order valence-electron chi connectivity index (χ4n) is 2.64. The smallest absolute Gasteiger partial charge is 0.185 e. The first kappa shape index (κ1) is 19.1. The lowest BCUT2D eigenvalue weighted by atomic mass is 10.1. The number of thiazole rings is 1. The highest BCUT2D eigenvalue weighted by Crippen LogP contribution is 2.25. The number of rotatable bonds is 8. The highest BCUT2D eigenvalue weighted by atomic mass is 32.1. The molecule has 2 N–H and O–H groups in total. The monoisotopic (exact) mass is 380 g/mol. The number of nitrogens with zero attached hydrogens (tertiary/aromatic N) is 3. The van der Waals surface area contributed by atoms with Gasteiger partial charge in [0.25, 0.3) is 0 Å². The van der Waals surface area contributed by atoms with Gasteiger partial charge in [0.2, 0.25) is 0 Å². The third-order valence-corrected chi connectivity index (χ3v) is 5.13. The van der Waals surface area contributed by atoms with Crippen LogP contribution < -0.4 is 10.2 Å². The maximum Gasteiger partial charge on any atom is 0.185 e.